The first-order chi connectivity index (χ1) is 6.45. The number of H-pyrrole nitrogens is 1. The van der Waals surface area contributed by atoms with Crippen LogP contribution in [0.1, 0.15) is 5.56 Å². The highest BCUT2D eigenvalue weighted by Crippen LogP contribution is 2.27. The lowest BCUT2D eigenvalue weighted by Gasteiger charge is -2.15. The first-order valence-corrected chi connectivity index (χ1v) is 4.61. The van der Waals surface area contributed by atoms with Gasteiger partial charge in [0.2, 0.25) is 5.52 Å². The van der Waals surface area contributed by atoms with Crippen LogP contribution in [-0.4, -0.2) is 6.54 Å². The number of aromatic amines is 1. The molecule has 2 heteroatoms. The highest BCUT2D eigenvalue weighted by molar-refractivity contribution is 5.93. The van der Waals surface area contributed by atoms with Crippen molar-refractivity contribution in [1.82, 2.24) is 0 Å². The standard InChI is InChI=1S/C11H10N2/c1-2-8-4-6-12-10-5-7-13-9(3-1)11(8)10/h1-3,5,7,12H,4,6H2/p+1. The lowest BCUT2D eigenvalue weighted by molar-refractivity contribution is -0.344. The molecular formula is C11H11N2+. The van der Waals surface area contributed by atoms with E-state index in [1.54, 1.807) is 0 Å². The summed E-state index contributed by atoms with van der Waals surface area (Å²) in [5.74, 6) is 0. The van der Waals surface area contributed by atoms with Gasteiger partial charge in [0.15, 0.2) is 6.20 Å². The summed E-state index contributed by atoms with van der Waals surface area (Å²) in [4.78, 5) is 3.26. The summed E-state index contributed by atoms with van der Waals surface area (Å²) in [5.41, 5.74) is 3.93. The molecule has 0 radical (unpaired) electrons. The topological polar surface area (TPSA) is 26.2 Å². The quantitative estimate of drug-likeness (QED) is 0.640. The van der Waals surface area contributed by atoms with E-state index in [1.807, 2.05) is 6.20 Å². The fourth-order valence-electron chi connectivity index (χ4n) is 2.02. The first-order valence-electron chi connectivity index (χ1n) is 4.61. The zero-order valence-corrected chi connectivity index (χ0v) is 7.30. The molecule has 0 unspecified atom stereocenters. The third kappa shape index (κ3) is 0.917. The number of nitrogens with one attached hydrogen (secondary N) is 2. The predicted molar refractivity (Wildman–Crippen MR) is 52.7 cm³/mol. The molecule has 1 aromatic carbocycles. The zero-order chi connectivity index (χ0) is 8.67. The summed E-state index contributed by atoms with van der Waals surface area (Å²) in [5, 5.41) is 4.76. The average Bonchev–Trinajstić information content (AvgIpc) is 2.19. The second kappa shape index (κ2) is 2.46. The second-order valence-electron chi connectivity index (χ2n) is 3.41. The number of aromatic nitrogens is 1. The Kier molecular flexibility index (Phi) is 1.30. The summed E-state index contributed by atoms with van der Waals surface area (Å²) in [7, 11) is 0. The second-order valence-corrected chi connectivity index (χ2v) is 3.41. The van der Waals surface area contributed by atoms with Crippen LogP contribution in [0.4, 0.5) is 5.69 Å². The van der Waals surface area contributed by atoms with Gasteiger partial charge in [-0.3, -0.25) is 0 Å². The maximum Gasteiger partial charge on any atom is 0.213 e. The predicted octanol–water partition coefficient (Wildman–Crippen LogP) is 1.62. The number of pyridine rings is 1. The normalized spacial score (nSPS) is 14.2. The van der Waals surface area contributed by atoms with Crippen LogP contribution in [0.15, 0.2) is 30.5 Å². The van der Waals surface area contributed by atoms with Crippen molar-refractivity contribution in [1.29, 1.82) is 0 Å². The van der Waals surface area contributed by atoms with E-state index in [9.17, 15) is 0 Å². The lowest BCUT2D eigenvalue weighted by atomic mass is 10.0. The van der Waals surface area contributed by atoms with Crippen molar-refractivity contribution in [2.75, 3.05) is 11.9 Å². The number of hydrogen-bond donors (Lipinski definition) is 1. The molecule has 1 aliphatic heterocycles. The molecule has 2 aromatic rings. The van der Waals surface area contributed by atoms with Crippen LogP contribution in [0.25, 0.3) is 10.9 Å². The van der Waals surface area contributed by atoms with Crippen LogP contribution in [0.2, 0.25) is 0 Å². The van der Waals surface area contributed by atoms with Gasteiger partial charge in [-0.05, 0) is 12.0 Å². The van der Waals surface area contributed by atoms with E-state index in [1.165, 1.54) is 22.2 Å². The summed E-state index contributed by atoms with van der Waals surface area (Å²) < 4.78 is 0. The van der Waals surface area contributed by atoms with E-state index in [-0.39, 0.29) is 0 Å². The Bertz CT molecular complexity index is 424. The van der Waals surface area contributed by atoms with Crippen LogP contribution in [0.5, 0.6) is 0 Å². The van der Waals surface area contributed by atoms with Crippen molar-refractivity contribution in [3.05, 3.63) is 36.0 Å². The van der Waals surface area contributed by atoms with Gasteiger partial charge in [-0.1, -0.05) is 12.1 Å². The number of rotatable bonds is 0. The van der Waals surface area contributed by atoms with Gasteiger partial charge >= 0.3 is 0 Å². The van der Waals surface area contributed by atoms with Gasteiger partial charge in [0, 0.05) is 18.7 Å². The van der Waals surface area contributed by atoms with E-state index in [0.29, 0.717) is 0 Å². The maximum absolute atomic E-state index is 3.41. The van der Waals surface area contributed by atoms with Crippen molar-refractivity contribution >= 4 is 16.6 Å². The molecule has 0 atom stereocenters. The van der Waals surface area contributed by atoms with Crippen LogP contribution >= 0.6 is 0 Å². The van der Waals surface area contributed by atoms with E-state index < -0.39 is 0 Å². The Morgan fingerprint density at radius 2 is 2.23 bits per heavy atom. The molecule has 0 fully saturated rings. The number of benzene rings is 1. The molecule has 0 spiro atoms. The van der Waals surface area contributed by atoms with E-state index in [0.717, 1.165) is 13.0 Å². The third-order valence-electron chi connectivity index (χ3n) is 2.62. The van der Waals surface area contributed by atoms with Crippen molar-refractivity contribution in [2.45, 2.75) is 6.42 Å². The fraction of sp³-hybridized carbons (Fsp3) is 0.182. The highest BCUT2D eigenvalue weighted by atomic mass is 14.9. The van der Waals surface area contributed by atoms with Crippen molar-refractivity contribution in [2.24, 2.45) is 0 Å². The van der Waals surface area contributed by atoms with Crippen molar-refractivity contribution < 1.29 is 4.98 Å². The summed E-state index contributed by atoms with van der Waals surface area (Å²) in [6.07, 6.45) is 3.11. The largest absolute Gasteiger partial charge is 0.384 e. The Morgan fingerprint density at radius 1 is 1.23 bits per heavy atom. The fourth-order valence-corrected chi connectivity index (χ4v) is 2.02. The molecule has 0 bridgehead atoms. The van der Waals surface area contributed by atoms with E-state index >= 15 is 0 Å². The smallest absolute Gasteiger partial charge is 0.213 e. The Balaban J connectivity index is 2.49. The van der Waals surface area contributed by atoms with Gasteiger partial charge in [-0.15, -0.1) is 0 Å². The van der Waals surface area contributed by atoms with Crippen LogP contribution in [-0.2, 0) is 6.42 Å². The summed E-state index contributed by atoms with van der Waals surface area (Å²) >= 11 is 0. The van der Waals surface area contributed by atoms with Gasteiger partial charge in [0.1, 0.15) is 0 Å². The van der Waals surface area contributed by atoms with Gasteiger partial charge in [-0.25, -0.2) is 4.98 Å². The van der Waals surface area contributed by atoms with E-state index in [4.69, 9.17) is 0 Å². The molecule has 64 valence electrons. The number of hydrogen-bond acceptors (Lipinski definition) is 1. The molecule has 0 amide bonds. The summed E-state index contributed by atoms with van der Waals surface area (Å²) in [6.45, 7) is 1.05. The van der Waals surface area contributed by atoms with Crippen molar-refractivity contribution in [3.8, 4) is 0 Å². The summed E-state index contributed by atoms with van der Waals surface area (Å²) in [6, 6.07) is 8.55. The molecule has 1 aromatic heterocycles. The SMILES string of the molecule is c1cc2c3c(cc[nH+]c3c1)NCC2. The molecule has 0 aliphatic carbocycles. The van der Waals surface area contributed by atoms with Crippen molar-refractivity contribution in [3.63, 3.8) is 0 Å². The Labute approximate surface area is 76.6 Å². The van der Waals surface area contributed by atoms with Gasteiger partial charge in [0.25, 0.3) is 0 Å². The molecular weight excluding hydrogens is 160 g/mol. The van der Waals surface area contributed by atoms with Crippen LogP contribution < -0.4 is 10.3 Å². The van der Waals surface area contributed by atoms with Gasteiger partial charge in [0.05, 0.1) is 11.1 Å². The average molecular weight is 171 g/mol. The Morgan fingerprint density at radius 3 is 3.23 bits per heavy atom. The highest BCUT2D eigenvalue weighted by Gasteiger charge is 2.13. The monoisotopic (exact) mass is 171 g/mol. The molecule has 1 aliphatic rings. The Hall–Kier alpha value is -1.57. The third-order valence-corrected chi connectivity index (χ3v) is 2.62. The van der Waals surface area contributed by atoms with E-state index in [2.05, 4.69) is 34.6 Å². The maximum atomic E-state index is 3.41. The zero-order valence-electron chi connectivity index (χ0n) is 7.30. The first kappa shape index (κ1) is 6.89. The van der Waals surface area contributed by atoms with Crippen LogP contribution in [0.3, 0.4) is 0 Å². The molecule has 2 heterocycles. The number of anilines is 1. The molecule has 2 N–H and O–H groups in total. The molecule has 0 saturated carbocycles. The van der Waals surface area contributed by atoms with Crippen LogP contribution in [0, 0.1) is 0 Å². The molecule has 13 heavy (non-hydrogen) atoms. The minimum atomic E-state index is 1.05. The lowest BCUT2D eigenvalue weighted by Crippen LogP contribution is -2.14. The molecule has 3 rings (SSSR count). The molecule has 2 nitrogen and oxygen atoms in total. The van der Waals surface area contributed by atoms with Gasteiger partial charge in [-0.2, -0.15) is 0 Å². The van der Waals surface area contributed by atoms with Gasteiger partial charge < -0.3 is 5.32 Å². The minimum absolute atomic E-state index is 1.05. The molecule has 0 saturated heterocycles. The minimum Gasteiger partial charge on any atom is -0.384 e.